The summed E-state index contributed by atoms with van der Waals surface area (Å²) in [5.41, 5.74) is 2.74. The molecule has 0 spiro atoms. The van der Waals surface area contributed by atoms with E-state index in [0.717, 1.165) is 27.8 Å². The number of carbonyl (C=O) groups is 1. The SMILES string of the molecule is C=CC(=O)N1CCN(c2ncnc3cc(-c4ccccc4)c(Cl)cc23)CC1CO. The monoisotopic (exact) mass is 408 g/mol. The number of fused-ring (bicyclic) bond motifs is 1. The molecule has 1 atom stereocenters. The lowest BCUT2D eigenvalue weighted by Gasteiger charge is -2.41. The maximum atomic E-state index is 12.0. The Morgan fingerprint density at radius 2 is 2.03 bits per heavy atom. The molecule has 1 aromatic heterocycles. The van der Waals surface area contributed by atoms with E-state index in [1.807, 2.05) is 42.5 Å². The van der Waals surface area contributed by atoms with E-state index in [1.54, 1.807) is 4.90 Å². The second-order valence-electron chi connectivity index (χ2n) is 6.93. The Morgan fingerprint density at radius 3 is 2.76 bits per heavy atom. The zero-order valence-electron chi connectivity index (χ0n) is 15.8. The van der Waals surface area contributed by atoms with Crippen LogP contribution in [-0.4, -0.2) is 58.2 Å². The van der Waals surface area contributed by atoms with Crippen LogP contribution in [0.2, 0.25) is 5.02 Å². The molecule has 1 fully saturated rings. The van der Waals surface area contributed by atoms with Crippen LogP contribution in [0.1, 0.15) is 0 Å². The average Bonchev–Trinajstić information content (AvgIpc) is 2.78. The molecule has 4 rings (SSSR count). The van der Waals surface area contributed by atoms with Gasteiger partial charge in [-0.1, -0.05) is 48.5 Å². The normalized spacial score (nSPS) is 16.8. The molecule has 1 aliphatic rings. The fraction of sp³-hybridized carbons (Fsp3) is 0.227. The zero-order chi connectivity index (χ0) is 20.4. The minimum atomic E-state index is -0.321. The van der Waals surface area contributed by atoms with Crippen molar-refractivity contribution in [2.45, 2.75) is 6.04 Å². The fourth-order valence-corrected chi connectivity index (χ4v) is 4.04. The second-order valence-corrected chi connectivity index (χ2v) is 7.34. The summed E-state index contributed by atoms with van der Waals surface area (Å²) >= 11 is 6.61. The molecule has 0 aliphatic carbocycles. The average molecular weight is 409 g/mol. The van der Waals surface area contributed by atoms with E-state index in [9.17, 15) is 9.90 Å². The maximum Gasteiger partial charge on any atom is 0.246 e. The van der Waals surface area contributed by atoms with Crippen molar-refractivity contribution in [3.63, 3.8) is 0 Å². The summed E-state index contributed by atoms with van der Waals surface area (Å²) in [5.74, 6) is 0.576. The van der Waals surface area contributed by atoms with Crippen LogP contribution in [0.25, 0.3) is 22.0 Å². The number of carbonyl (C=O) groups excluding carboxylic acids is 1. The summed E-state index contributed by atoms with van der Waals surface area (Å²) in [6.45, 7) is 4.97. The fourth-order valence-electron chi connectivity index (χ4n) is 3.77. The van der Waals surface area contributed by atoms with E-state index >= 15 is 0 Å². The van der Waals surface area contributed by atoms with E-state index in [1.165, 1.54) is 12.4 Å². The van der Waals surface area contributed by atoms with Crippen LogP contribution in [0, 0.1) is 0 Å². The number of anilines is 1. The number of rotatable bonds is 4. The van der Waals surface area contributed by atoms with E-state index in [2.05, 4.69) is 21.4 Å². The van der Waals surface area contributed by atoms with Gasteiger partial charge in [0.05, 0.1) is 18.2 Å². The highest BCUT2D eigenvalue weighted by atomic mass is 35.5. The molecule has 1 unspecified atom stereocenters. The summed E-state index contributed by atoms with van der Waals surface area (Å²) in [7, 11) is 0. The molecule has 2 aromatic carbocycles. The number of halogens is 1. The van der Waals surface area contributed by atoms with Crippen LogP contribution in [-0.2, 0) is 4.79 Å². The van der Waals surface area contributed by atoms with Crippen LogP contribution in [0.4, 0.5) is 5.82 Å². The van der Waals surface area contributed by atoms with Gasteiger partial charge < -0.3 is 14.9 Å². The van der Waals surface area contributed by atoms with Gasteiger partial charge in [0.2, 0.25) is 5.91 Å². The third kappa shape index (κ3) is 3.69. The third-order valence-electron chi connectivity index (χ3n) is 5.24. The summed E-state index contributed by atoms with van der Waals surface area (Å²) < 4.78 is 0. The smallest absolute Gasteiger partial charge is 0.246 e. The summed E-state index contributed by atoms with van der Waals surface area (Å²) in [6.07, 6.45) is 2.82. The van der Waals surface area contributed by atoms with Gasteiger partial charge in [0, 0.05) is 35.6 Å². The number of aliphatic hydroxyl groups is 1. The van der Waals surface area contributed by atoms with Crippen molar-refractivity contribution in [2.75, 3.05) is 31.1 Å². The second kappa shape index (κ2) is 8.19. The largest absolute Gasteiger partial charge is 0.394 e. The molecule has 0 radical (unpaired) electrons. The lowest BCUT2D eigenvalue weighted by Crippen LogP contribution is -2.56. The van der Waals surface area contributed by atoms with Gasteiger partial charge in [-0.25, -0.2) is 9.97 Å². The predicted octanol–water partition coefficient (Wildman–Crippen LogP) is 3.15. The van der Waals surface area contributed by atoms with Crippen LogP contribution in [0.5, 0.6) is 0 Å². The number of aromatic nitrogens is 2. The van der Waals surface area contributed by atoms with Crippen molar-refractivity contribution in [1.82, 2.24) is 14.9 Å². The van der Waals surface area contributed by atoms with Gasteiger partial charge in [-0.15, -0.1) is 0 Å². The molecular formula is C22H21ClN4O2. The van der Waals surface area contributed by atoms with Crippen LogP contribution >= 0.6 is 11.6 Å². The number of amides is 1. The lowest BCUT2D eigenvalue weighted by molar-refractivity contribution is -0.129. The molecule has 0 saturated carbocycles. The molecule has 0 bridgehead atoms. The highest BCUT2D eigenvalue weighted by molar-refractivity contribution is 6.34. The number of aliphatic hydroxyl groups excluding tert-OH is 1. The molecule has 1 amide bonds. The van der Waals surface area contributed by atoms with Crippen LogP contribution in [0.15, 0.2) is 61.4 Å². The number of benzene rings is 2. The van der Waals surface area contributed by atoms with Crippen molar-refractivity contribution in [1.29, 1.82) is 0 Å². The quantitative estimate of drug-likeness (QED) is 0.671. The molecule has 3 aromatic rings. The van der Waals surface area contributed by atoms with Crippen molar-refractivity contribution in [2.24, 2.45) is 0 Å². The van der Waals surface area contributed by atoms with Gasteiger partial charge >= 0.3 is 0 Å². The van der Waals surface area contributed by atoms with Crippen molar-refractivity contribution in [3.8, 4) is 11.1 Å². The molecule has 6 nitrogen and oxygen atoms in total. The van der Waals surface area contributed by atoms with Gasteiger partial charge in [-0.05, 0) is 23.8 Å². The zero-order valence-corrected chi connectivity index (χ0v) is 16.6. The molecule has 1 N–H and O–H groups in total. The maximum absolute atomic E-state index is 12.0. The Morgan fingerprint density at radius 1 is 1.24 bits per heavy atom. The van der Waals surface area contributed by atoms with E-state index in [0.29, 0.717) is 24.7 Å². The number of hydrogen-bond acceptors (Lipinski definition) is 5. The van der Waals surface area contributed by atoms with Crippen LogP contribution in [0.3, 0.4) is 0 Å². The highest BCUT2D eigenvalue weighted by Crippen LogP contribution is 2.34. The van der Waals surface area contributed by atoms with Gasteiger partial charge in [0.1, 0.15) is 12.1 Å². The van der Waals surface area contributed by atoms with Crippen molar-refractivity contribution >= 4 is 34.2 Å². The van der Waals surface area contributed by atoms with Gasteiger partial charge in [0.15, 0.2) is 0 Å². The molecule has 1 aliphatic heterocycles. The van der Waals surface area contributed by atoms with E-state index in [-0.39, 0.29) is 18.6 Å². The van der Waals surface area contributed by atoms with E-state index < -0.39 is 0 Å². The summed E-state index contributed by atoms with van der Waals surface area (Å²) in [5, 5.41) is 11.3. The lowest BCUT2D eigenvalue weighted by atomic mass is 10.0. The van der Waals surface area contributed by atoms with Crippen LogP contribution < -0.4 is 4.90 Å². The number of hydrogen-bond donors (Lipinski definition) is 1. The first kappa shape index (κ1) is 19.4. The minimum Gasteiger partial charge on any atom is -0.394 e. The standard InChI is InChI=1S/C22H21ClN4O2/c1-2-21(29)27-9-8-26(12-16(27)13-28)22-18-10-19(23)17(11-20(18)24-14-25-22)15-6-4-3-5-7-15/h2-7,10-11,14,16,28H,1,8-9,12-13H2. The molecule has 29 heavy (non-hydrogen) atoms. The summed E-state index contributed by atoms with van der Waals surface area (Å²) in [4.78, 5) is 24.7. The predicted molar refractivity (Wildman–Crippen MR) is 115 cm³/mol. The Bertz CT molecular complexity index is 1060. The number of piperazine rings is 1. The highest BCUT2D eigenvalue weighted by Gasteiger charge is 2.30. The first-order valence-corrected chi connectivity index (χ1v) is 9.78. The summed E-state index contributed by atoms with van der Waals surface area (Å²) in [6, 6.07) is 13.5. The van der Waals surface area contributed by atoms with Gasteiger partial charge in [0.25, 0.3) is 0 Å². The molecule has 1 saturated heterocycles. The Hall–Kier alpha value is -2.96. The first-order chi connectivity index (χ1) is 14.1. The third-order valence-corrected chi connectivity index (χ3v) is 5.55. The number of nitrogens with zero attached hydrogens (tertiary/aromatic N) is 4. The molecule has 148 valence electrons. The molecule has 2 heterocycles. The topological polar surface area (TPSA) is 69.6 Å². The molecular weight excluding hydrogens is 388 g/mol. The Kier molecular flexibility index (Phi) is 5.47. The molecule has 7 heteroatoms. The van der Waals surface area contributed by atoms with Crippen molar-refractivity contribution < 1.29 is 9.90 Å². The first-order valence-electron chi connectivity index (χ1n) is 9.41. The Balaban J connectivity index is 1.71. The van der Waals surface area contributed by atoms with Gasteiger partial charge in [-0.3, -0.25) is 4.79 Å². The van der Waals surface area contributed by atoms with Gasteiger partial charge in [-0.2, -0.15) is 0 Å². The minimum absolute atomic E-state index is 0.127. The van der Waals surface area contributed by atoms with Crippen molar-refractivity contribution in [3.05, 3.63) is 66.5 Å². The van der Waals surface area contributed by atoms with E-state index in [4.69, 9.17) is 11.6 Å². The Labute approximate surface area is 174 Å².